The zero-order valence-electron chi connectivity index (χ0n) is 12.7. The first-order valence-electron chi connectivity index (χ1n) is 7.87. The first-order valence-corrected chi connectivity index (χ1v) is 8.75. The summed E-state index contributed by atoms with van der Waals surface area (Å²) in [6.07, 6.45) is 2.37. The summed E-state index contributed by atoms with van der Waals surface area (Å²) in [6, 6.07) is 13.8. The summed E-state index contributed by atoms with van der Waals surface area (Å²) in [5, 5.41) is 5.74. The number of rotatable bonds is 5. The van der Waals surface area contributed by atoms with Gasteiger partial charge in [-0.15, -0.1) is 11.3 Å². The van der Waals surface area contributed by atoms with E-state index in [1.807, 2.05) is 11.3 Å². The first kappa shape index (κ1) is 14.8. The Balaban J connectivity index is 1.48. The van der Waals surface area contributed by atoms with E-state index < -0.39 is 0 Å². The molecule has 21 heavy (non-hydrogen) atoms. The Labute approximate surface area is 131 Å². The van der Waals surface area contributed by atoms with E-state index in [1.54, 1.807) is 11.1 Å². The fraction of sp³-hybridized carbons (Fsp3) is 0.444. The Kier molecular flexibility index (Phi) is 5.07. The van der Waals surface area contributed by atoms with Crippen LogP contribution in [0.15, 0.2) is 41.8 Å². The van der Waals surface area contributed by atoms with Gasteiger partial charge in [-0.05, 0) is 42.3 Å². The van der Waals surface area contributed by atoms with Crippen molar-refractivity contribution in [3.63, 3.8) is 0 Å². The van der Waals surface area contributed by atoms with Gasteiger partial charge in [-0.25, -0.2) is 0 Å². The molecule has 1 aromatic carbocycles. The van der Waals surface area contributed by atoms with Gasteiger partial charge in [-0.2, -0.15) is 0 Å². The summed E-state index contributed by atoms with van der Waals surface area (Å²) in [5.41, 5.74) is 3.08. The minimum atomic E-state index is 0.597. The second-order valence-corrected chi connectivity index (χ2v) is 6.90. The fourth-order valence-electron chi connectivity index (χ4n) is 3.07. The topological polar surface area (TPSA) is 15.3 Å². The van der Waals surface area contributed by atoms with E-state index in [9.17, 15) is 0 Å². The smallest absolute Gasteiger partial charge is 0.0300 e. The molecule has 0 bridgehead atoms. The number of thiophene rings is 1. The summed E-state index contributed by atoms with van der Waals surface area (Å²) in [4.78, 5) is 4.05. The van der Waals surface area contributed by atoms with Crippen LogP contribution in [0.1, 0.15) is 22.9 Å². The average molecular weight is 300 g/mol. The highest BCUT2D eigenvalue weighted by Crippen LogP contribution is 2.17. The predicted molar refractivity (Wildman–Crippen MR) is 90.9 cm³/mol. The number of nitrogens with zero attached hydrogens (tertiary/aromatic N) is 1. The van der Waals surface area contributed by atoms with Crippen molar-refractivity contribution in [2.45, 2.75) is 32.4 Å². The first-order chi connectivity index (χ1) is 10.3. The van der Waals surface area contributed by atoms with Crippen LogP contribution in [0, 0.1) is 0 Å². The second kappa shape index (κ2) is 7.21. The second-order valence-electron chi connectivity index (χ2n) is 5.86. The Morgan fingerprint density at radius 2 is 1.81 bits per heavy atom. The highest BCUT2D eigenvalue weighted by Gasteiger charge is 2.17. The van der Waals surface area contributed by atoms with Crippen LogP contribution in [0.2, 0.25) is 0 Å². The van der Waals surface area contributed by atoms with Gasteiger partial charge in [0.25, 0.3) is 0 Å². The molecule has 1 unspecified atom stereocenters. The number of benzene rings is 1. The van der Waals surface area contributed by atoms with Crippen LogP contribution in [-0.4, -0.2) is 30.6 Å². The molecule has 2 nitrogen and oxygen atoms in total. The normalized spacial score (nSPS) is 17.2. The molecule has 112 valence electrons. The highest BCUT2D eigenvalue weighted by molar-refractivity contribution is 7.09. The van der Waals surface area contributed by atoms with Gasteiger partial charge in [0.2, 0.25) is 0 Å². The van der Waals surface area contributed by atoms with Gasteiger partial charge in [0.1, 0.15) is 0 Å². The standard InChI is InChI=1S/C18H24N2S/c1-15(13-19-14-18-7-4-12-21-18)20-10-8-16-5-2-3-6-17(16)9-11-20/h2-7,12,15,19H,8-11,13-14H2,1H3. The van der Waals surface area contributed by atoms with Crippen molar-refractivity contribution in [2.75, 3.05) is 19.6 Å². The van der Waals surface area contributed by atoms with Gasteiger partial charge in [0, 0.05) is 37.1 Å². The van der Waals surface area contributed by atoms with E-state index in [4.69, 9.17) is 0 Å². The quantitative estimate of drug-likeness (QED) is 0.911. The minimum absolute atomic E-state index is 0.597. The van der Waals surface area contributed by atoms with Crippen LogP contribution in [0.4, 0.5) is 0 Å². The molecule has 1 N–H and O–H groups in total. The summed E-state index contributed by atoms with van der Waals surface area (Å²) in [7, 11) is 0. The summed E-state index contributed by atoms with van der Waals surface area (Å²) < 4.78 is 0. The lowest BCUT2D eigenvalue weighted by Gasteiger charge is -2.27. The van der Waals surface area contributed by atoms with Crippen LogP contribution in [0.3, 0.4) is 0 Å². The molecule has 0 amide bonds. The highest BCUT2D eigenvalue weighted by atomic mass is 32.1. The molecule has 0 fully saturated rings. The maximum absolute atomic E-state index is 3.60. The van der Waals surface area contributed by atoms with E-state index >= 15 is 0 Å². The number of nitrogens with one attached hydrogen (secondary N) is 1. The van der Waals surface area contributed by atoms with Crippen LogP contribution in [-0.2, 0) is 19.4 Å². The van der Waals surface area contributed by atoms with Gasteiger partial charge in [-0.3, -0.25) is 4.90 Å². The third kappa shape index (κ3) is 3.94. The maximum Gasteiger partial charge on any atom is 0.0300 e. The molecule has 3 rings (SSSR count). The van der Waals surface area contributed by atoms with Crippen LogP contribution >= 0.6 is 11.3 Å². The Morgan fingerprint density at radius 3 is 2.43 bits per heavy atom. The lowest BCUT2D eigenvalue weighted by Crippen LogP contribution is -2.41. The van der Waals surface area contributed by atoms with E-state index in [0.29, 0.717) is 6.04 Å². The zero-order chi connectivity index (χ0) is 14.5. The van der Waals surface area contributed by atoms with Crippen molar-refractivity contribution >= 4 is 11.3 Å². The molecule has 0 aliphatic carbocycles. The molecule has 2 aromatic rings. The van der Waals surface area contributed by atoms with Gasteiger partial charge in [0.15, 0.2) is 0 Å². The molecule has 0 saturated carbocycles. The number of hydrogen-bond donors (Lipinski definition) is 1. The van der Waals surface area contributed by atoms with Gasteiger partial charge >= 0.3 is 0 Å². The number of fused-ring (bicyclic) bond motifs is 1. The molecule has 1 aromatic heterocycles. The van der Waals surface area contributed by atoms with Crippen molar-refractivity contribution < 1.29 is 0 Å². The Hall–Kier alpha value is -1.16. The van der Waals surface area contributed by atoms with E-state index in [2.05, 4.69) is 58.9 Å². The SMILES string of the molecule is CC(CNCc1cccs1)N1CCc2ccccc2CC1. The predicted octanol–water partition coefficient (Wildman–Crippen LogP) is 3.33. The Morgan fingerprint density at radius 1 is 1.10 bits per heavy atom. The van der Waals surface area contributed by atoms with Crippen molar-refractivity contribution in [1.82, 2.24) is 10.2 Å². The molecule has 1 aliphatic heterocycles. The Bertz CT molecular complexity index is 523. The molecule has 2 heterocycles. The molecule has 1 atom stereocenters. The minimum Gasteiger partial charge on any atom is -0.310 e. The monoisotopic (exact) mass is 300 g/mol. The molecule has 3 heteroatoms. The molecular formula is C18H24N2S. The third-order valence-electron chi connectivity index (χ3n) is 4.40. The van der Waals surface area contributed by atoms with Crippen LogP contribution in [0.25, 0.3) is 0 Å². The van der Waals surface area contributed by atoms with Crippen molar-refractivity contribution in [3.8, 4) is 0 Å². The zero-order valence-corrected chi connectivity index (χ0v) is 13.5. The van der Waals surface area contributed by atoms with E-state index in [-0.39, 0.29) is 0 Å². The summed E-state index contributed by atoms with van der Waals surface area (Å²) in [5.74, 6) is 0. The average Bonchev–Trinajstić information content (AvgIpc) is 2.92. The lowest BCUT2D eigenvalue weighted by molar-refractivity contribution is 0.213. The van der Waals surface area contributed by atoms with Gasteiger partial charge < -0.3 is 5.32 Å². The molecular weight excluding hydrogens is 276 g/mol. The van der Waals surface area contributed by atoms with E-state index in [0.717, 1.165) is 13.1 Å². The van der Waals surface area contributed by atoms with Crippen molar-refractivity contribution in [2.24, 2.45) is 0 Å². The van der Waals surface area contributed by atoms with Crippen molar-refractivity contribution in [1.29, 1.82) is 0 Å². The van der Waals surface area contributed by atoms with Crippen LogP contribution in [0.5, 0.6) is 0 Å². The molecule has 0 radical (unpaired) electrons. The molecule has 0 saturated heterocycles. The lowest BCUT2D eigenvalue weighted by atomic mass is 10.0. The maximum atomic E-state index is 3.60. The molecule has 0 spiro atoms. The van der Waals surface area contributed by atoms with Gasteiger partial charge in [0.05, 0.1) is 0 Å². The van der Waals surface area contributed by atoms with Crippen LogP contribution < -0.4 is 5.32 Å². The number of hydrogen-bond acceptors (Lipinski definition) is 3. The van der Waals surface area contributed by atoms with Gasteiger partial charge in [-0.1, -0.05) is 30.3 Å². The van der Waals surface area contributed by atoms with Crippen molar-refractivity contribution in [3.05, 3.63) is 57.8 Å². The summed E-state index contributed by atoms with van der Waals surface area (Å²) >= 11 is 1.83. The van der Waals surface area contributed by atoms with E-state index in [1.165, 1.54) is 30.8 Å². The molecule has 1 aliphatic rings. The fourth-order valence-corrected chi connectivity index (χ4v) is 3.75. The summed E-state index contributed by atoms with van der Waals surface area (Å²) in [6.45, 7) is 6.76. The third-order valence-corrected chi connectivity index (χ3v) is 5.27. The largest absolute Gasteiger partial charge is 0.310 e.